The maximum Gasteiger partial charge on any atom is 0.253 e. The van der Waals surface area contributed by atoms with Crippen LogP contribution in [0.3, 0.4) is 0 Å². The Balaban J connectivity index is 1.35. The Morgan fingerprint density at radius 1 is 1.07 bits per heavy atom. The van der Waals surface area contributed by atoms with Gasteiger partial charge in [0, 0.05) is 17.0 Å². The van der Waals surface area contributed by atoms with Crippen LogP contribution in [0.5, 0.6) is 0 Å². The fourth-order valence-corrected chi connectivity index (χ4v) is 5.63. The minimum absolute atomic E-state index is 0.0347. The average Bonchev–Trinajstić information content (AvgIpc) is 3.57. The standard InChI is InChI=1S/C21H17N5OS3/c27-20(13-30-21-23-22-14-25(21)15-6-2-1-3-7-15)26-17(19-9-5-11-29-19)12-16(24-26)18-8-4-10-28-18/h1-11,14,17H,12-13H2/t17-/m1/s1. The number of aromatic nitrogens is 3. The molecule has 1 aliphatic rings. The molecule has 0 aliphatic carbocycles. The van der Waals surface area contributed by atoms with Gasteiger partial charge in [-0.2, -0.15) is 5.10 Å². The van der Waals surface area contributed by atoms with Crippen molar-refractivity contribution in [2.45, 2.75) is 17.6 Å². The number of carbonyl (C=O) groups is 1. The molecule has 9 heteroatoms. The maximum absolute atomic E-state index is 13.2. The number of para-hydroxylation sites is 1. The van der Waals surface area contributed by atoms with E-state index in [0.29, 0.717) is 5.16 Å². The summed E-state index contributed by atoms with van der Waals surface area (Å²) in [6.45, 7) is 0. The molecule has 0 N–H and O–H groups in total. The van der Waals surface area contributed by atoms with E-state index in [1.54, 1.807) is 34.0 Å². The summed E-state index contributed by atoms with van der Waals surface area (Å²) in [5, 5.41) is 19.3. The van der Waals surface area contributed by atoms with Gasteiger partial charge in [0.15, 0.2) is 5.16 Å². The highest BCUT2D eigenvalue weighted by Gasteiger charge is 2.34. The molecule has 30 heavy (non-hydrogen) atoms. The number of hydrogen-bond donors (Lipinski definition) is 0. The van der Waals surface area contributed by atoms with Crippen LogP contribution in [-0.4, -0.2) is 37.1 Å². The molecule has 0 radical (unpaired) electrons. The third-order valence-corrected chi connectivity index (χ3v) is 7.54. The van der Waals surface area contributed by atoms with Gasteiger partial charge in [0.2, 0.25) is 0 Å². The molecule has 3 aromatic heterocycles. The van der Waals surface area contributed by atoms with Gasteiger partial charge in [-0.1, -0.05) is 42.1 Å². The largest absolute Gasteiger partial charge is 0.277 e. The molecule has 0 spiro atoms. The van der Waals surface area contributed by atoms with Crippen molar-refractivity contribution in [1.82, 2.24) is 19.8 Å². The molecule has 0 unspecified atom stereocenters. The summed E-state index contributed by atoms with van der Waals surface area (Å²) in [6, 6.07) is 18.0. The van der Waals surface area contributed by atoms with Crippen molar-refractivity contribution in [3.63, 3.8) is 0 Å². The van der Waals surface area contributed by atoms with E-state index in [9.17, 15) is 4.79 Å². The molecule has 1 amide bonds. The zero-order valence-electron chi connectivity index (χ0n) is 15.8. The highest BCUT2D eigenvalue weighted by atomic mass is 32.2. The number of benzene rings is 1. The first-order chi connectivity index (χ1) is 14.8. The van der Waals surface area contributed by atoms with Crippen molar-refractivity contribution in [3.05, 3.63) is 81.4 Å². The number of carbonyl (C=O) groups excluding carboxylic acids is 1. The van der Waals surface area contributed by atoms with Crippen LogP contribution in [0.25, 0.3) is 5.69 Å². The highest BCUT2D eigenvalue weighted by molar-refractivity contribution is 7.99. The lowest BCUT2D eigenvalue weighted by Gasteiger charge is -2.20. The quantitative estimate of drug-likeness (QED) is 0.393. The monoisotopic (exact) mass is 451 g/mol. The lowest BCUT2D eigenvalue weighted by Crippen LogP contribution is -2.28. The summed E-state index contributed by atoms with van der Waals surface area (Å²) in [5.74, 6) is 0.210. The van der Waals surface area contributed by atoms with Gasteiger partial charge in [-0.15, -0.1) is 32.9 Å². The van der Waals surface area contributed by atoms with Crippen molar-refractivity contribution in [1.29, 1.82) is 0 Å². The van der Waals surface area contributed by atoms with E-state index in [1.165, 1.54) is 11.8 Å². The maximum atomic E-state index is 13.2. The Hall–Kier alpha value is -2.75. The van der Waals surface area contributed by atoms with E-state index < -0.39 is 0 Å². The van der Waals surface area contributed by atoms with Gasteiger partial charge >= 0.3 is 0 Å². The topological polar surface area (TPSA) is 63.4 Å². The van der Waals surface area contributed by atoms with Gasteiger partial charge in [0.1, 0.15) is 6.33 Å². The summed E-state index contributed by atoms with van der Waals surface area (Å²) in [7, 11) is 0. The summed E-state index contributed by atoms with van der Waals surface area (Å²) in [4.78, 5) is 15.4. The molecule has 4 aromatic rings. The predicted octanol–water partition coefficient (Wildman–Crippen LogP) is 4.86. The van der Waals surface area contributed by atoms with Gasteiger partial charge < -0.3 is 0 Å². The first-order valence-electron chi connectivity index (χ1n) is 9.34. The molecule has 5 rings (SSSR count). The second-order valence-electron chi connectivity index (χ2n) is 6.61. The normalized spacial score (nSPS) is 16.1. The minimum Gasteiger partial charge on any atom is -0.277 e. The van der Waals surface area contributed by atoms with E-state index in [-0.39, 0.29) is 17.7 Å². The molecule has 6 nitrogen and oxygen atoms in total. The van der Waals surface area contributed by atoms with Crippen molar-refractivity contribution < 1.29 is 4.79 Å². The van der Waals surface area contributed by atoms with Crippen molar-refractivity contribution >= 4 is 46.1 Å². The van der Waals surface area contributed by atoms with Crippen LogP contribution in [0.1, 0.15) is 22.2 Å². The number of hydrazone groups is 1. The average molecular weight is 452 g/mol. The Morgan fingerprint density at radius 2 is 1.90 bits per heavy atom. The fourth-order valence-electron chi connectivity index (χ4n) is 3.32. The Kier molecular flexibility index (Phi) is 5.48. The summed E-state index contributed by atoms with van der Waals surface area (Å²) < 4.78 is 1.89. The zero-order chi connectivity index (χ0) is 20.3. The van der Waals surface area contributed by atoms with Crippen LogP contribution in [0.15, 0.2) is 81.9 Å². The number of thioether (sulfide) groups is 1. The van der Waals surface area contributed by atoms with Crippen LogP contribution in [0, 0.1) is 0 Å². The molecule has 4 heterocycles. The molecule has 150 valence electrons. The van der Waals surface area contributed by atoms with Crippen molar-refractivity contribution in [2.24, 2.45) is 5.10 Å². The van der Waals surface area contributed by atoms with Crippen molar-refractivity contribution in [3.8, 4) is 5.69 Å². The second kappa shape index (κ2) is 8.55. The van der Waals surface area contributed by atoms with E-state index in [0.717, 1.165) is 27.6 Å². The molecule has 1 aliphatic heterocycles. The molecule has 1 aromatic carbocycles. The highest BCUT2D eigenvalue weighted by Crippen LogP contribution is 2.36. The number of nitrogens with zero attached hydrogens (tertiary/aromatic N) is 5. The SMILES string of the molecule is O=C(CSc1nncn1-c1ccccc1)N1N=C(c2cccs2)C[C@@H]1c1cccs1. The van der Waals surface area contributed by atoms with Crippen LogP contribution in [-0.2, 0) is 4.79 Å². The van der Waals surface area contributed by atoms with E-state index >= 15 is 0 Å². The first kappa shape index (κ1) is 19.2. The Labute approximate surface area is 185 Å². The van der Waals surface area contributed by atoms with Gasteiger partial charge in [-0.05, 0) is 35.0 Å². The number of amides is 1. The van der Waals surface area contributed by atoms with E-state index in [2.05, 4.69) is 22.3 Å². The van der Waals surface area contributed by atoms with Gasteiger partial charge in [0.05, 0.1) is 22.4 Å². The summed E-state index contributed by atoms with van der Waals surface area (Å²) in [6.07, 6.45) is 2.40. The molecular weight excluding hydrogens is 434 g/mol. The summed E-state index contributed by atoms with van der Waals surface area (Å²) in [5.41, 5.74) is 1.93. The lowest BCUT2D eigenvalue weighted by atomic mass is 10.1. The Morgan fingerprint density at radius 3 is 2.67 bits per heavy atom. The third-order valence-electron chi connectivity index (χ3n) is 4.72. The van der Waals surface area contributed by atoms with E-state index in [4.69, 9.17) is 5.10 Å². The Bertz CT molecular complexity index is 1150. The fraction of sp³-hybridized carbons (Fsp3) is 0.143. The van der Waals surface area contributed by atoms with Crippen LogP contribution in [0.2, 0.25) is 0 Å². The summed E-state index contributed by atoms with van der Waals surface area (Å²) >= 11 is 4.69. The minimum atomic E-state index is -0.0535. The first-order valence-corrected chi connectivity index (χ1v) is 12.1. The predicted molar refractivity (Wildman–Crippen MR) is 121 cm³/mol. The third kappa shape index (κ3) is 3.83. The van der Waals surface area contributed by atoms with E-state index in [1.807, 2.05) is 57.8 Å². The molecule has 0 fully saturated rings. The lowest BCUT2D eigenvalue weighted by molar-refractivity contribution is -0.130. The molecule has 0 bridgehead atoms. The smallest absolute Gasteiger partial charge is 0.253 e. The van der Waals surface area contributed by atoms with Crippen LogP contribution >= 0.6 is 34.4 Å². The molecule has 0 saturated carbocycles. The zero-order valence-corrected chi connectivity index (χ0v) is 18.2. The van der Waals surface area contributed by atoms with Crippen LogP contribution in [0.4, 0.5) is 0 Å². The van der Waals surface area contributed by atoms with Gasteiger partial charge in [0.25, 0.3) is 5.91 Å². The second-order valence-corrected chi connectivity index (χ2v) is 9.47. The molecule has 0 saturated heterocycles. The number of rotatable bonds is 6. The van der Waals surface area contributed by atoms with Gasteiger partial charge in [-0.25, -0.2) is 5.01 Å². The number of thiophene rings is 2. The van der Waals surface area contributed by atoms with Gasteiger partial charge in [-0.3, -0.25) is 9.36 Å². The molecular formula is C21H17N5OS3. The van der Waals surface area contributed by atoms with Crippen LogP contribution < -0.4 is 0 Å². The number of hydrogen-bond acceptors (Lipinski definition) is 7. The van der Waals surface area contributed by atoms with Crippen molar-refractivity contribution in [2.75, 3.05) is 5.75 Å². The molecule has 1 atom stereocenters.